The van der Waals surface area contributed by atoms with Crippen LogP contribution in [0.25, 0.3) is 22.4 Å². The van der Waals surface area contributed by atoms with E-state index in [0.29, 0.717) is 5.82 Å². The van der Waals surface area contributed by atoms with Gasteiger partial charge in [0.1, 0.15) is 17.1 Å². The molecule has 0 saturated heterocycles. The van der Waals surface area contributed by atoms with Crippen LogP contribution in [0, 0.1) is 6.92 Å². The summed E-state index contributed by atoms with van der Waals surface area (Å²) >= 11 is 0. The molecule has 16 heavy (non-hydrogen) atoms. The van der Waals surface area contributed by atoms with Gasteiger partial charge in [0, 0.05) is 17.0 Å². The summed E-state index contributed by atoms with van der Waals surface area (Å²) in [5.74, 6) is 1.26. The third-order valence-electron chi connectivity index (χ3n) is 2.69. The number of aromatic amines is 1. The highest BCUT2D eigenvalue weighted by Gasteiger charge is 2.13. The summed E-state index contributed by atoms with van der Waals surface area (Å²) < 4.78 is 5.77. The van der Waals surface area contributed by atoms with Crippen LogP contribution in [0.15, 0.2) is 34.7 Å². The molecule has 3 N–H and O–H groups in total. The summed E-state index contributed by atoms with van der Waals surface area (Å²) in [7, 11) is 0. The highest BCUT2D eigenvalue weighted by molar-refractivity contribution is 5.87. The van der Waals surface area contributed by atoms with Crippen LogP contribution in [-0.4, -0.2) is 10.2 Å². The quantitative estimate of drug-likeness (QED) is 0.653. The lowest BCUT2D eigenvalue weighted by atomic mass is 10.1. The second kappa shape index (κ2) is 3.13. The van der Waals surface area contributed by atoms with E-state index in [9.17, 15) is 0 Å². The number of anilines is 1. The number of H-pyrrole nitrogens is 1. The van der Waals surface area contributed by atoms with Crippen molar-refractivity contribution in [1.82, 2.24) is 10.2 Å². The van der Waals surface area contributed by atoms with E-state index in [1.807, 2.05) is 31.2 Å². The van der Waals surface area contributed by atoms with Gasteiger partial charge in [-0.15, -0.1) is 0 Å². The molecule has 0 spiro atoms. The van der Waals surface area contributed by atoms with Crippen molar-refractivity contribution in [1.29, 1.82) is 0 Å². The van der Waals surface area contributed by atoms with Crippen LogP contribution in [0.5, 0.6) is 0 Å². The van der Waals surface area contributed by atoms with Gasteiger partial charge >= 0.3 is 0 Å². The van der Waals surface area contributed by atoms with E-state index in [1.54, 1.807) is 6.07 Å². The van der Waals surface area contributed by atoms with Crippen LogP contribution in [-0.2, 0) is 0 Å². The van der Waals surface area contributed by atoms with E-state index in [2.05, 4.69) is 10.2 Å². The second-order valence-corrected chi connectivity index (χ2v) is 3.76. The molecule has 3 aromatic rings. The molecular formula is C12H11N3O. The van der Waals surface area contributed by atoms with Crippen molar-refractivity contribution in [2.45, 2.75) is 6.92 Å². The average Bonchev–Trinajstić information content (AvgIpc) is 2.84. The number of nitrogens with zero attached hydrogens (tertiary/aromatic N) is 1. The Morgan fingerprint density at radius 3 is 2.81 bits per heavy atom. The number of hydrogen-bond acceptors (Lipinski definition) is 3. The highest BCUT2D eigenvalue weighted by Crippen LogP contribution is 2.32. The maximum Gasteiger partial charge on any atom is 0.156 e. The zero-order valence-corrected chi connectivity index (χ0v) is 8.82. The third kappa shape index (κ3) is 1.20. The third-order valence-corrected chi connectivity index (χ3v) is 2.69. The normalized spacial score (nSPS) is 11.1. The van der Waals surface area contributed by atoms with Gasteiger partial charge in [-0.2, -0.15) is 5.10 Å². The van der Waals surface area contributed by atoms with Crippen molar-refractivity contribution in [3.63, 3.8) is 0 Å². The lowest BCUT2D eigenvalue weighted by Crippen LogP contribution is -1.81. The van der Waals surface area contributed by atoms with Gasteiger partial charge in [0.05, 0.1) is 0 Å². The highest BCUT2D eigenvalue weighted by atomic mass is 16.3. The van der Waals surface area contributed by atoms with Crippen molar-refractivity contribution in [3.8, 4) is 11.5 Å². The molecule has 3 rings (SSSR count). The van der Waals surface area contributed by atoms with Gasteiger partial charge in [0.2, 0.25) is 0 Å². The van der Waals surface area contributed by atoms with Crippen molar-refractivity contribution < 1.29 is 4.42 Å². The van der Waals surface area contributed by atoms with Gasteiger partial charge in [-0.3, -0.25) is 5.10 Å². The van der Waals surface area contributed by atoms with Gasteiger partial charge in [-0.05, 0) is 13.0 Å². The number of rotatable bonds is 1. The first-order chi connectivity index (χ1) is 7.75. The van der Waals surface area contributed by atoms with Crippen molar-refractivity contribution in [2.75, 3.05) is 5.73 Å². The van der Waals surface area contributed by atoms with Crippen molar-refractivity contribution >= 4 is 16.8 Å². The zero-order chi connectivity index (χ0) is 11.1. The number of nitrogens with one attached hydrogen (secondary N) is 1. The molecular weight excluding hydrogens is 202 g/mol. The van der Waals surface area contributed by atoms with E-state index >= 15 is 0 Å². The van der Waals surface area contributed by atoms with Crippen molar-refractivity contribution in [2.24, 2.45) is 0 Å². The molecule has 0 amide bonds. The minimum Gasteiger partial charge on any atom is -0.454 e. The fourth-order valence-corrected chi connectivity index (χ4v) is 1.88. The largest absolute Gasteiger partial charge is 0.454 e. The maximum absolute atomic E-state index is 5.77. The van der Waals surface area contributed by atoms with E-state index in [1.165, 1.54) is 0 Å². The predicted octanol–water partition coefficient (Wildman–Crippen LogP) is 2.71. The molecule has 4 nitrogen and oxygen atoms in total. The van der Waals surface area contributed by atoms with Gasteiger partial charge in [-0.25, -0.2) is 0 Å². The number of aromatic nitrogens is 2. The molecule has 0 radical (unpaired) electrons. The standard InChI is InChI=1S/C12H11N3O/c1-7-8-4-2-3-5-10(8)16-12(7)9-6-11(13)15-14-9/h2-6H,1H3,(H3,13,14,15). The van der Waals surface area contributed by atoms with E-state index in [0.717, 1.165) is 28.0 Å². The molecule has 80 valence electrons. The zero-order valence-electron chi connectivity index (χ0n) is 8.82. The number of furan rings is 1. The molecule has 0 bridgehead atoms. The minimum atomic E-state index is 0.467. The Hall–Kier alpha value is -2.23. The van der Waals surface area contributed by atoms with Crippen LogP contribution in [0.4, 0.5) is 5.82 Å². The maximum atomic E-state index is 5.77. The summed E-state index contributed by atoms with van der Waals surface area (Å²) in [5, 5.41) is 7.87. The first-order valence-electron chi connectivity index (χ1n) is 5.05. The van der Waals surface area contributed by atoms with E-state index in [4.69, 9.17) is 10.2 Å². The predicted molar refractivity (Wildman–Crippen MR) is 62.9 cm³/mol. The smallest absolute Gasteiger partial charge is 0.156 e. The number of nitrogen functional groups attached to an aromatic ring is 1. The number of hydrogen-bond donors (Lipinski definition) is 2. The van der Waals surface area contributed by atoms with Gasteiger partial charge in [-0.1, -0.05) is 18.2 Å². The van der Waals surface area contributed by atoms with Crippen LogP contribution in [0.2, 0.25) is 0 Å². The average molecular weight is 213 g/mol. The van der Waals surface area contributed by atoms with Crippen LogP contribution in [0.3, 0.4) is 0 Å². The second-order valence-electron chi connectivity index (χ2n) is 3.76. The molecule has 0 atom stereocenters. The first-order valence-corrected chi connectivity index (χ1v) is 5.05. The van der Waals surface area contributed by atoms with E-state index < -0.39 is 0 Å². The molecule has 0 saturated carbocycles. The van der Waals surface area contributed by atoms with Gasteiger partial charge < -0.3 is 10.2 Å². The SMILES string of the molecule is Cc1c(-c2cc(N)n[nH]2)oc2ccccc12. The van der Waals surface area contributed by atoms with Crippen molar-refractivity contribution in [3.05, 3.63) is 35.9 Å². The van der Waals surface area contributed by atoms with Gasteiger partial charge in [0.25, 0.3) is 0 Å². The summed E-state index contributed by atoms with van der Waals surface area (Å²) in [4.78, 5) is 0. The molecule has 2 heterocycles. The Balaban J connectivity index is 2.28. The van der Waals surface area contributed by atoms with Crippen LogP contribution in [0.1, 0.15) is 5.56 Å². The number of nitrogens with two attached hydrogens (primary N) is 1. The number of benzene rings is 1. The number of para-hydroxylation sites is 1. The minimum absolute atomic E-state index is 0.467. The summed E-state index contributed by atoms with van der Waals surface area (Å²) in [6.07, 6.45) is 0. The molecule has 0 aliphatic carbocycles. The lowest BCUT2D eigenvalue weighted by Gasteiger charge is -1.91. The lowest BCUT2D eigenvalue weighted by molar-refractivity contribution is 0.626. The monoisotopic (exact) mass is 213 g/mol. The Morgan fingerprint density at radius 2 is 2.12 bits per heavy atom. The van der Waals surface area contributed by atoms with E-state index in [-0.39, 0.29) is 0 Å². The molecule has 1 aromatic carbocycles. The number of fused-ring (bicyclic) bond motifs is 1. The summed E-state index contributed by atoms with van der Waals surface area (Å²) in [5.41, 5.74) is 8.36. The Bertz CT molecular complexity index is 651. The topological polar surface area (TPSA) is 67.8 Å². The Kier molecular flexibility index (Phi) is 1.77. The molecule has 0 fully saturated rings. The molecule has 4 heteroatoms. The Labute approximate surface area is 92.1 Å². The van der Waals surface area contributed by atoms with Crippen LogP contribution < -0.4 is 5.73 Å². The Morgan fingerprint density at radius 1 is 1.31 bits per heavy atom. The summed E-state index contributed by atoms with van der Waals surface area (Å²) in [6.45, 7) is 2.03. The fraction of sp³-hybridized carbons (Fsp3) is 0.0833. The molecule has 0 unspecified atom stereocenters. The van der Waals surface area contributed by atoms with Crippen LogP contribution >= 0.6 is 0 Å². The number of aryl methyl sites for hydroxylation is 1. The summed E-state index contributed by atoms with van der Waals surface area (Å²) in [6, 6.07) is 9.71. The fourth-order valence-electron chi connectivity index (χ4n) is 1.88. The van der Waals surface area contributed by atoms with Gasteiger partial charge in [0.15, 0.2) is 5.76 Å². The molecule has 0 aliphatic rings. The molecule has 0 aliphatic heterocycles. The molecule has 2 aromatic heterocycles. The first kappa shape index (κ1) is 9.03.